The number of carbonyl (C=O) groups excluding carboxylic acids is 2. The van der Waals surface area contributed by atoms with Crippen molar-refractivity contribution in [2.45, 2.75) is 6.92 Å². The second-order valence-corrected chi connectivity index (χ2v) is 8.29. The SMILES string of the molecule is Cc1cccc(NC(=O)CN2C(=O)/C(=C/c3cccc(Cl)c3Cl)SC2=S)c1. The molecule has 0 bridgehead atoms. The summed E-state index contributed by atoms with van der Waals surface area (Å²) in [5.41, 5.74) is 2.32. The van der Waals surface area contributed by atoms with Gasteiger partial charge in [-0.2, -0.15) is 0 Å². The normalized spacial score (nSPS) is 15.5. The van der Waals surface area contributed by atoms with Gasteiger partial charge in [-0.1, -0.05) is 71.4 Å². The number of halogens is 2. The molecule has 1 saturated heterocycles. The molecule has 0 saturated carbocycles. The van der Waals surface area contributed by atoms with E-state index >= 15 is 0 Å². The van der Waals surface area contributed by atoms with Crippen molar-refractivity contribution in [3.05, 3.63) is 68.5 Å². The summed E-state index contributed by atoms with van der Waals surface area (Å²) in [6.07, 6.45) is 1.63. The zero-order valence-electron chi connectivity index (χ0n) is 14.2. The molecule has 0 aromatic heterocycles. The summed E-state index contributed by atoms with van der Waals surface area (Å²) in [5, 5.41) is 3.54. The molecular formula is C19H14Cl2N2O2S2. The molecule has 2 amide bonds. The van der Waals surface area contributed by atoms with E-state index in [4.69, 9.17) is 35.4 Å². The van der Waals surface area contributed by atoms with Gasteiger partial charge in [0.05, 0.1) is 15.0 Å². The van der Waals surface area contributed by atoms with E-state index in [-0.39, 0.29) is 18.4 Å². The van der Waals surface area contributed by atoms with Crippen LogP contribution in [0.25, 0.3) is 6.08 Å². The minimum absolute atomic E-state index is 0.154. The Hall–Kier alpha value is -1.86. The number of rotatable bonds is 4. The van der Waals surface area contributed by atoms with E-state index in [1.165, 1.54) is 4.90 Å². The highest BCUT2D eigenvalue weighted by molar-refractivity contribution is 8.26. The number of amides is 2. The van der Waals surface area contributed by atoms with Gasteiger partial charge < -0.3 is 5.32 Å². The van der Waals surface area contributed by atoms with Crippen LogP contribution in [-0.2, 0) is 9.59 Å². The predicted octanol–water partition coefficient (Wildman–Crippen LogP) is 5.14. The molecule has 1 aliphatic rings. The Bertz CT molecular complexity index is 976. The second kappa shape index (κ2) is 8.44. The molecule has 27 heavy (non-hydrogen) atoms. The lowest BCUT2D eigenvalue weighted by Gasteiger charge is -2.14. The highest BCUT2D eigenvalue weighted by atomic mass is 35.5. The average Bonchev–Trinajstić information content (AvgIpc) is 2.86. The Morgan fingerprint density at radius 1 is 1.26 bits per heavy atom. The monoisotopic (exact) mass is 436 g/mol. The minimum atomic E-state index is -0.333. The summed E-state index contributed by atoms with van der Waals surface area (Å²) < 4.78 is 0.323. The molecule has 3 rings (SSSR count). The molecule has 1 fully saturated rings. The van der Waals surface area contributed by atoms with E-state index < -0.39 is 0 Å². The molecule has 2 aromatic rings. The quantitative estimate of drug-likeness (QED) is 0.532. The van der Waals surface area contributed by atoms with Gasteiger partial charge in [-0.25, -0.2) is 0 Å². The third-order valence-electron chi connectivity index (χ3n) is 3.75. The maximum absolute atomic E-state index is 12.7. The molecule has 0 spiro atoms. The summed E-state index contributed by atoms with van der Waals surface area (Å²) in [6, 6.07) is 12.6. The van der Waals surface area contributed by atoms with Gasteiger partial charge in [0, 0.05) is 5.69 Å². The van der Waals surface area contributed by atoms with Crippen molar-refractivity contribution in [3.8, 4) is 0 Å². The summed E-state index contributed by atoms with van der Waals surface area (Å²) in [6.45, 7) is 1.78. The van der Waals surface area contributed by atoms with Gasteiger partial charge in [0.2, 0.25) is 5.91 Å². The second-order valence-electron chi connectivity index (χ2n) is 5.83. The third-order valence-corrected chi connectivity index (χ3v) is 5.96. The summed E-state index contributed by atoms with van der Waals surface area (Å²) in [5.74, 6) is -0.653. The fourth-order valence-corrected chi connectivity index (χ4v) is 4.08. The highest BCUT2D eigenvalue weighted by Gasteiger charge is 2.33. The number of aryl methyl sites for hydroxylation is 1. The first-order valence-electron chi connectivity index (χ1n) is 7.91. The van der Waals surface area contributed by atoms with Crippen molar-refractivity contribution in [1.82, 2.24) is 4.90 Å². The van der Waals surface area contributed by atoms with Crippen LogP contribution in [0.1, 0.15) is 11.1 Å². The topological polar surface area (TPSA) is 49.4 Å². The van der Waals surface area contributed by atoms with Gasteiger partial charge >= 0.3 is 0 Å². The van der Waals surface area contributed by atoms with E-state index in [0.717, 1.165) is 17.3 Å². The number of benzene rings is 2. The van der Waals surface area contributed by atoms with Gasteiger partial charge in [-0.15, -0.1) is 0 Å². The van der Waals surface area contributed by atoms with E-state index in [9.17, 15) is 9.59 Å². The molecule has 0 unspecified atom stereocenters. The van der Waals surface area contributed by atoms with Crippen LogP contribution >= 0.6 is 47.2 Å². The van der Waals surface area contributed by atoms with Crippen molar-refractivity contribution in [2.75, 3.05) is 11.9 Å². The average molecular weight is 437 g/mol. The zero-order valence-corrected chi connectivity index (χ0v) is 17.3. The van der Waals surface area contributed by atoms with Crippen LogP contribution in [-0.4, -0.2) is 27.6 Å². The maximum Gasteiger partial charge on any atom is 0.266 e. The number of hydrogen-bond donors (Lipinski definition) is 1. The summed E-state index contributed by atoms with van der Waals surface area (Å²) in [7, 11) is 0. The number of hydrogen-bond acceptors (Lipinski definition) is 4. The smallest absolute Gasteiger partial charge is 0.266 e. The van der Waals surface area contributed by atoms with Crippen LogP contribution < -0.4 is 5.32 Å². The standard InChI is InChI=1S/C19H14Cl2N2O2S2/c1-11-4-2-6-13(8-11)22-16(24)10-23-18(25)15(27-19(23)26)9-12-5-3-7-14(20)17(12)21/h2-9H,10H2,1H3,(H,22,24)/b15-9-. The molecule has 4 nitrogen and oxygen atoms in total. The largest absolute Gasteiger partial charge is 0.325 e. The third kappa shape index (κ3) is 4.71. The lowest BCUT2D eigenvalue weighted by molar-refractivity contribution is -0.126. The molecule has 1 aliphatic heterocycles. The van der Waals surface area contributed by atoms with Crippen molar-refractivity contribution in [1.29, 1.82) is 0 Å². The molecule has 1 heterocycles. The molecule has 138 valence electrons. The van der Waals surface area contributed by atoms with Crippen LogP contribution in [0, 0.1) is 6.92 Å². The number of thioether (sulfide) groups is 1. The van der Waals surface area contributed by atoms with Gasteiger partial charge in [0.25, 0.3) is 5.91 Å². The van der Waals surface area contributed by atoms with Crippen molar-refractivity contribution in [2.24, 2.45) is 0 Å². The Morgan fingerprint density at radius 2 is 2.00 bits per heavy atom. The maximum atomic E-state index is 12.7. The van der Waals surface area contributed by atoms with Gasteiger partial charge in [0.1, 0.15) is 10.9 Å². The lowest BCUT2D eigenvalue weighted by atomic mass is 10.2. The molecule has 1 N–H and O–H groups in total. The zero-order chi connectivity index (χ0) is 19.6. The summed E-state index contributed by atoms with van der Waals surface area (Å²) in [4.78, 5) is 26.6. The summed E-state index contributed by atoms with van der Waals surface area (Å²) >= 11 is 18.6. The van der Waals surface area contributed by atoms with Gasteiger partial charge in [-0.05, 0) is 42.3 Å². The molecule has 0 aliphatic carbocycles. The predicted molar refractivity (Wildman–Crippen MR) is 116 cm³/mol. The van der Waals surface area contributed by atoms with E-state index in [2.05, 4.69) is 5.32 Å². The Kier molecular flexibility index (Phi) is 6.22. The molecular weight excluding hydrogens is 423 g/mol. The first-order chi connectivity index (χ1) is 12.8. The van der Waals surface area contributed by atoms with Crippen LogP contribution in [0.3, 0.4) is 0 Å². The van der Waals surface area contributed by atoms with Gasteiger partial charge in [-0.3, -0.25) is 14.5 Å². The van der Waals surface area contributed by atoms with Crippen molar-refractivity contribution < 1.29 is 9.59 Å². The Morgan fingerprint density at radius 3 is 2.74 bits per heavy atom. The molecule has 8 heteroatoms. The van der Waals surface area contributed by atoms with E-state index in [0.29, 0.717) is 30.5 Å². The molecule has 0 atom stereocenters. The minimum Gasteiger partial charge on any atom is -0.325 e. The lowest BCUT2D eigenvalue weighted by Crippen LogP contribution is -2.36. The fraction of sp³-hybridized carbons (Fsp3) is 0.105. The first-order valence-corrected chi connectivity index (χ1v) is 9.89. The molecule has 2 aromatic carbocycles. The number of carbonyl (C=O) groups is 2. The number of anilines is 1. The number of nitrogens with one attached hydrogen (secondary N) is 1. The number of thiocarbonyl (C=S) groups is 1. The van der Waals surface area contributed by atoms with E-state index in [1.807, 2.05) is 25.1 Å². The van der Waals surface area contributed by atoms with Gasteiger partial charge in [0.15, 0.2) is 0 Å². The molecule has 0 radical (unpaired) electrons. The van der Waals surface area contributed by atoms with Crippen LogP contribution in [0.15, 0.2) is 47.4 Å². The van der Waals surface area contributed by atoms with Crippen molar-refractivity contribution in [3.63, 3.8) is 0 Å². The Labute approximate surface area is 176 Å². The Balaban J connectivity index is 1.73. The van der Waals surface area contributed by atoms with Crippen LogP contribution in [0.2, 0.25) is 10.0 Å². The highest BCUT2D eigenvalue weighted by Crippen LogP contribution is 2.35. The van der Waals surface area contributed by atoms with Crippen LogP contribution in [0.4, 0.5) is 5.69 Å². The number of nitrogens with zero attached hydrogens (tertiary/aromatic N) is 1. The first kappa shape index (κ1) is 19.9. The van der Waals surface area contributed by atoms with Crippen LogP contribution in [0.5, 0.6) is 0 Å². The van der Waals surface area contributed by atoms with Crippen molar-refractivity contribution >= 4 is 75.1 Å². The van der Waals surface area contributed by atoms with E-state index in [1.54, 1.807) is 30.3 Å². The fourth-order valence-electron chi connectivity index (χ4n) is 2.48.